The highest BCUT2D eigenvalue weighted by Gasteiger charge is 2.27. The third-order valence-electron chi connectivity index (χ3n) is 14.4. The van der Waals surface area contributed by atoms with E-state index in [1.54, 1.807) is 0 Å². The average molecular weight is 1140 g/mol. The molecule has 0 saturated heterocycles. The summed E-state index contributed by atoms with van der Waals surface area (Å²) in [6.45, 7) is 4.29. The van der Waals surface area contributed by atoms with Crippen LogP contribution in [0.4, 0.5) is 0 Å². The number of likely N-dealkylation sites (N-methyl/N-ethyl adjacent to an activating group) is 1. The molecule has 1 N–H and O–H groups in total. The van der Waals surface area contributed by atoms with Crippen molar-refractivity contribution in [2.24, 2.45) is 0 Å². The summed E-state index contributed by atoms with van der Waals surface area (Å²) < 4.78 is 34.6. The third kappa shape index (κ3) is 64.4. The first kappa shape index (κ1) is 77.2. The number of phosphoric acid groups is 1. The maximum Gasteiger partial charge on any atom is 0.472 e. The van der Waals surface area contributed by atoms with E-state index in [9.17, 15) is 19.0 Å². The molecule has 10 heteroatoms. The van der Waals surface area contributed by atoms with Gasteiger partial charge in [0.15, 0.2) is 6.10 Å². The zero-order valence-electron chi connectivity index (χ0n) is 52.8. The first-order valence-electron chi connectivity index (χ1n) is 33.3. The number of nitrogens with zero attached hydrogens (tertiary/aromatic N) is 1. The maximum atomic E-state index is 12.8. The molecule has 0 aromatic heterocycles. The minimum absolute atomic E-state index is 0.0203. The number of esters is 2. The number of ether oxygens (including phenoxy) is 2. The fraction of sp³-hybridized carbons (Fsp3) is 0.771. The second kappa shape index (κ2) is 60.8. The van der Waals surface area contributed by atoms with E-state index in [2.05, 4.69) is 98.9 Å². The quantitative estimate of drug-likeness (QED) is 0.0211. The van der Waals surface area contributed by atoms with E-state index in [-0.39, 0.29) is 32.0 Å². The monoisotopic (exact) mass is 1140 g/mol. The normalized spacial score (nSPS) is 13.7. The Morgan fingerprint density at radius 1 is 0.400 bits per heavy atom. The van der Waals surface area contributed by atoms with E-state index in [4.69, 9.17) is 18.5 Å². The third-order valence-corrected chi connectivity index (χ3v) is 15.4. The van der Waals surface area contributed by atoms with E-state index < -0.39 is 26.5 Å². The Hall–Kier alpha value is -2.81. The highest BCUT2D eigenvalue weighted by atomic mass is 31.2. The van der Waals surface area contributed by atoms with E-state index in [1.807, 2.05) is 21.1 Å². The number of carbonyl (C=O) groups is 2. The van der Waals surface area contributed by atoms with Crippen molar-refractivity contribution in [2.75, 3.05) is 47.5 Å². The van der Waals surface area contributed by atoms with Gasteiger partial charge >= 0.3 is 19.8 Å². The van der Waals surface area contributed by atoms with Gasteiger partial charge in [0.25, 0.3) is 0 Å². The molecule has 2 atom stereocenters. The van der Waals surface area contributed by atoms with Crippen molar-refractivity contribution < 1.29 is 42.1 Å². The van der Waals surface area contributed by atoms with Crippen LogP contribution in [0.25, 0.3) is 0 Å². The molecule has 0 aromatic carbocycles. The number of phosphoric ester groups is 1. The van der Waals surface area contributed by atoms with Gasteiger partial charge in [0.2, 0.25) is 0 Å². The van der Waals surface area contributed by atoms with Crippen molar-refractivity contribution in [1.29, 1.82) is 0 Å². The number of carbonyl (C=O) groups excluding carboxylic acids is 2. The molecular weight excluding hydrogens is 1010 g/mol. The molecule has 0 saturated carbocycles. The molecule has 0 bridgehead atoms. The fourth-order valence-corrected chi connectivity index (χ4v) is 10.1. The average Bonchev–Trinajstić information content (AvgIpc) is 3.42. The summed E-state index contributed by atoms with van der Waals surface area (Å²) in [5, 5.41) is 0. The van der Waals surface area contributed by atoms with E-state index in [0.29, 0.717) is 17.4 Å². The number of allylic oxidation sites excluding steroid dienone is 14. The van der Waals surface area contributed by atoms with E-state index in [1.165, 1.54) is 193 Å². The van der Waals surface area contributed by atoms with Gasteiger partial charge in [-0.15, -0.1) is 0 Å². The van der Waals surface area contributed by atoms with Crippen LogP contribution in [-0.2, 0) is 32.7 Å². The predicted octanol–water partition coefficient (Wildman–Crippen LogP) is 21.4. The van der Waals surface area contributed by atoms with Crippen LogP contribution in [0.15, 0.2) is 85.1 Å². The van der Waals surface area contributed by atoms with E-state index >= 15 is 0 Å². The van der Waals surface area contributed by atoms with Crippen LogP contribution in [0.1, 0.15) is 296 Å². The molecule has 0 aliphatic rings. The number of rotatable bonds is 61. The van der Waals surface area contributed by atoms with Gasteiger partial charge in [0, 0.05) is 12.8 Å². The highest BCUT2D eigenvalue weighted by Crippen LogP contribution is 2.43. The van der Waals surface area contributed by atoms with Crippen LogP contribution in [0.3, 0.4) is 0 Å². The smallest absolute Gasteiger partial charge is 0.462 e. The Morgan fingerprint density at radius 2 is 0.713 bits per heavy atom. The lowest BCUT2D eigenvalue weighted by atomic mass is 10.0. The first-order valence-corrected chi connectivity index (χ1v) is 34.8. The summed E-state index contributed by atoms with van der Waals surface area (Å²) in [7, 11) is 1.45. The number of unbranched alkanes of at least 4 members (excludes halogenated alkanes) is 33. The first-order chi connectivity index (χ1) is 39.0. The van der Waals surface area contributed by atoms with Crippen LogP contribution >= 0.6 is 7.82 Å². The van der Waals surface area contributed by atoms with Crippen LogP contribution in [0.5, 0.6) is 0 Å². The summed E-state index contributed by atoms with van der Waals surface area (Å²) >= 11 is 0. The minimum Gasteiger partial charge on any atom is -0.462 e. The summed E-state index contributed by atoms with van der Waals surface area (Å²) in [4.78, 5) is 35.8. The zero-order chi connectivity index (χ0) is 58.4. The van der Waals surface area contributed by atoms with Crippen molar-refractivity contribution in [3.05, 3.63) is 85.1 Å². The van der Waals surface area contributed by atoms with Gasteiger partial charge < -0.3 is 18.9 Å². The van der Waals surface area contributed by atoms with Crippen LogP contribution in [0.2, 0.25) is 0 Å². The number of quaternary nitrogens is 1. The summed E-state index contributed by atoms with van der Waals surface area (Å²) in [5.74, 6) is -0.842. The van der Waals surface area contributed by atoms with Crippen molar-refractivity contribution >= 4 is 19.8 Å². The summed E-state index contributed by atoms with van der Waals surface area (Å²) in [5.41, 5.74) is 0. The molecule has 0 rings (SSSR count). The topological polar surface area (TPSA) is 108 Å². The Kier molecular flexibility index (Phi) is 58.6. The van der Waals surface area contributed by atoms with Crippen LogP contribution < -0.4 is 0 Å². The second-order valence-corrected chi connectivity index (χ2v) is 24.9. The Balaban J connectivity index is 4.04. The fourth-order valence-electron chi connectivity index (χ4n) is 9.31. The molecule has 2 unspecified atom stereocenters. The van der Waals surface area contributed by atoms with Gasteiger partial charge in [0.05, 0.1) is 27.7 Å². The van der Waals surface area contributed by atoms with Crippen molar-refractivity contribution in [3.63, 3.8) is 0 Å². The van der Waals surface area contributed by atoms with Gasteiger partial charge in [-0.25, -0.2) is 4.57 Å². The van der Waals surface area contributed by atoms with Crippen molar-refractivity contribution in [1.82, 2.24) is 0 Å². The lowest BCUT2D eigenvalue weighted by Gasteiger charge is -2.24. The molecule has 464 valence electrons. The maximum absolute atomic E-state index is 12.8. The van der Waals surface area contributed by atoms with Gasteiger partial charge in [-0.1, -0.05) is 279 Å². The summed E-state index contributed by atoms with van der Waals surface area (Å²) in [6.07, 6.45) is 82.7. The predicted molar refractivity (Wildman–Crippen MR) is 344 cm³/mol. The van der Waals surface area contributed by atoms with Crippen molar-refractivity contribution in [2.45, 2.75) is 302 Å². The van der Waals surface area contributed by atoms with Crippen molar-refractivity contribution in [3.8, 4) is 0 Å². The minimum atomic E-state index is -4.40. The molecule has 0 spiro atoms. The molecule has 0 fully saturated rings. The second-order valence-electron chi connectivity index (χ2n) is 23.5. The molecule has 0 aromatic rings. The Labute approximate surface area is 494 Å². The highest BCUT2D eigenvalue weighted by molar-refractivity contribution is 7.47. The SMILES string of the molecule is CC/C=C\C/C=C\C/C=C\C/C=C\C/C=C\C/C=C\CCCCC(=O)OC(COC(=O)CCCCCCCCCCCCCCCCCCCCCCCCC/C=C\CCCCCCCCCC)COP(=O)(O)OCC[N+](C)(C)C. The molecule has 0 heterocycles. The molecule has 0 aliphatic carbocycles. The lowest BCUT2D eigenvalue weighted by Crippen LogP contribution is -2.37. The zero-order valence-corrected chi connectivity index (χ0v) is 53.7. The Bertz CT molecular complexity index is 1630. The molecule has 9 nitrogen and oxygen atoms in total. The van der Waals surface area contributed by atoms with Crippen LogP contribution in [-0.4, -0.2) is 74.9 Å². The summed E-state index contributed by atoms with van der Waals surface area (Å²) in [6, 6.07) is 0. The van der Waals surface area contributed by atoms with Gasteiger partial charge in [-0.2, -0.15) is 0 Å². The molecule has 0 radical (unpaired) electrons. The van der Waals surface area contributed by atoms with Gasteiger partial charge in [-0.3, -0.25) is 18.6 Å². The molecule has 0 amide bonds. The van der Waals surface area contributed by atoms with E-state index in [0.717, 1.165) is 70.6 Å². The molecule has 0 aliphatic heterocycles. The number of hydrogen-bond donors (Lipinski definition) is 1. The molecular formula is C70H127NO8P+. The van der Waals surface area contributed by atoms with Gasteiger partial charge in [0.1, 0.15) is 19.8 Å². The Morgan fingerprint density at radius 3 is 1.10 bits per heavy atom. The lowest BCUT2D eigenvalue weighted by molar-refractivity contribution is -0.870. The standard InChI is InChI=1S/C70H126NO8P/c1-6-8-10-12-14-16-18-20-22-24-26-28-29-30-31-32-33-34-35-36-37-38-39-40-41-43-44-46-48-50-52-54-56-58-60-62-69(72)76-66-68(67-78-80(74,75)77-65-64-71(3,4)5)79-70(73)63-61-59-57-55-53-51-49-47-45-42-27-25-23-21-19-17-15-13-11-9-7-2/h9,11,15,17,21,23-24,26-27,42,47,49,53,55,68H,6-8,10,12-14,16,18-20,22,25,28-41,43-46,48,50-52,54,56-67H2,1-5H3/p+1/b11-9-,17-15-,23-21-,26-24-,42-27-,49-47-,55-53-. The largest absolute Gasteiger partial charge is 0.472 e. The van der Waals surface area contributed by atoms with Crippen LogP contribution in [0, 0.1) is 0 Å². The molecule has 80 heavy (non-hydrogen) atoms. The van der Waals surface area contributed by atoms with Gasteiger partial charge in [-0.05, 0) is 89.9 Å². The number of hydrogen-bond acceptors (Lipinski definition) is 7.